The van der Waals surface area contributed by atoms with Crippen molar-refractivity contribution in [2.45, 2.75) is 96.3 Å². The average Bonchev–Trinajstić information content (AvgIpc) is 3.11. The van der Waals surface area contributed by atoms with Gasteiger partial charge < -0.3 is 24.0 Å². The predicted octanol–water partition coefficient (Wildman–Crippen LogP) is 6.19. The standard InChI is InChI=1S/C38H52ClN3O7S/c1-24-8-7-10-34(38-48-22-32(23-49-38)41(4)26(3)43)33-15-12-29(33)20-42-17-6-5-9-27-18-31(39)14-11-30(27)21-47-36-16-13-28(19-35(36)42)37(44)40-50(45,46)25(24)2/h11,13-14,16,18-19,24-25,29,32-34,38H,5-10,12,15,17,20-23H2,1-4H3,(H,40,44)/t24-,25+,29-,32?,33+,34+,38?/m0/s1. The number of hydrogen-bond acceptors (Lipinski definition) is 8. The second kappa shape index (κ2) is 15.8. The van der Waals surface area contributed by atoms with Crippen LogP contribution in [0, 0.1) is 23.7 Å². The van der Waals surface area contributed by atoms with E-state index in [-0.39, 0.29) is 35.6 Å². The zero-order chi connectivity index (χ0) is 35.6. The van der Waals surface area contributed by atoms with Gasteiger partial charge in [0, 0.05) is 43.6 Å². The van der Waals surface area contributed by atoms with Gasteiger partial charge in [0.2, 0.25) is 15.9 Å². The second-order valence-electron chi connectivity index (χ2n) is 14.9. The molecule has 1 saturated heterocycles. The minimum atomic E-state index is -3.94. The molecule has 6 rings (SSSR count). The number of likely N-dealkylation sites (N-methyl/N-ethyl adjacent to an activating group) is 1. The largest absolute Gasteiger partial charge is 0.487 e. The molecule has 2 aromatic carbocycles. The molecule has 2 amide bonds. The molecule has 0 unspecified atom stereocenters. The summed E-state index contributed by atoms with van der Waals surface area (Å²) in [5, 5.41) is -0.0510. The van der Waals surface area contributed by atoms with Crippen molar-refractivity contribution in [2.75, 3.05) is 38.3 Å². The van der Waals surface area contributed by atoms with Crippen LogP contribution in [-0.2, 0) is 37.3 Å². The van der Waals surface area contributed by atoms with E-state index in [2.05, 4.69) is 9.62 Å². The third-order valence-corrected chi connectivity index (χ3v) is 13.9. The summed E-state index contributed by atoms with van der Waals surface area (Å²) in [4.78, 5) is 29.6. The molecule has 3 heterocycles. The molecule has 2 bridgehead atoms. The first-order valence-corrected chi connectivity index (χ1v) is 20.2. The number of halogens is 1. The Kier molecular flexibility index (Phi) is 11.7. The SMILES string of the molecule is CC(=O)N(C)C1COC([C@@H]2CCC[C@H](C)[C@@H](C)S(=O)(=O)NC(=O)c3ccc4c(c3)N(CCCCc3cc(Cl)ccc3CO4)C[C@@H]3CC[C@H]32)OC1. The molecule has 0 aromatic heterocycles. The third-order valence-electron chi connectivity index (χ3n) is 11.7. The smallest absolute Gasteiger partial charge is 0.264 e. The number of fused-ring (bicyclic) bond motifs is 3. The van der Waals surface area contributed by atoms with Gasteiger partial charge in [-0.2, -0.15) is 0 Å². The summed E-state index contributed by atoms with van der Waals surface area (Å²) in [7, 11) is -2.15. The summed E-state index contributed by atoms with van der Waals surface area (Å²) in [6.07, 6.45) is 6.87. The molecule has 12 heteroatoms. The zero-order valence-electron chi connectivity index (χ0n) is 29.7. The molecule has 2 aromatic rings. The highest BCUT2D eigenvalue weighted by Gasteiger charge is 2.44. The summed E-state index contributed by atoms with van der Waals surface area (Å²) >= 11 is 6.37. The normalized spacial score (nSPS) is 30.6. The van der Waals surface area contributed by atoms with Crippen LogP contribution in [0.2, 0.25) is 5.02 Å². The van der Waals surface area contributed by atoms with E-state index in [0.717, 1.165) is 69.3 Å². The number of rotatable bonds is 2. The van der Waals surface area contributed by atoms with E-state index in [1.165, 1.54) is 5.56 Å². The molecule has 50 heavy (non-hydrogen) atoms. The van der Waals surface area contributed by atoms with E-state index < -0.39 is 21.2 Å². The fraction of sp³-hybridized carbons (Fsp3) is 0.632. The summed E-state index contributed by atoms with van der Waals surface area (Å²) in [6, 6.07) is 11.0. The maximum absolute atomic E-state index is 13.5. The highest BCUT2D eigenvalue weighted by molar-refractivity contribution is 7.90. The molecule has 1 aliphatic carbocycles. The Hall–Kier alpha value is -2.86. The van der Waals surface area contributed by atoms with Crippen LogP contribution < -0.4 is 14.4 Å². The van der Waals surface area contributed by atoms with Crippen LogP contribution >= 0.6 is 11.6 Å². The number of carbonyl (C=O) groups excluding carboxylic acids is 2. The Morgan fingerprint density at radius 3 is 2.46 bits per heavy atom. The first-order chi connectivity index (χ1) is 23.9. The summed E-state index contributed by atoms with van der Waals surface area (Å²) in [6.45, 7) is 7.90. The number of nitrogens with zero attached hydrogens (tertiary/aromatic N) is 2. The Morgan fingerprint density at radius 2 is 1.74 bits per heavy atom. The van der Waals surface area contributed by atoms with E-state index >= 15 is 0 Å². The molecule has 10 nitrogen and oxygen atoms in total. The molecule has 3 aliphatic heterocycles. The summed E-state index contributed by atoms with van der Waals surface area (Å²) in [5.41, 5.74) is 3.33. The molecule has 4 aliphatic rings. The number of amides is 2. The van der Waals surface area contributed by atoms with Crippen molar-refractivity contribution in [3.05, 3.63) is 58.1 Å². The summed E-state index contributed by atoms with van der Waals surface area (Å²) in [5.74, 6) is 0.704. The minimum absolute atomic E-state index is 0.0192. The van der Waals surface area contributed by atoms with Crippen LogP contribution in [0.5, 0.6) is 5.75 Å². The van der Waals surface area contributed by atoms with Gasteiger partial charge in [-0.3, -0.25) is 9.59 Å². The van der Waals surface area contributed by atoms with Crippen LogP contribution in [0.3, 0.4) is 0 Å². The number of benzene rings is 2. The molecule has 2 fully saturated rings. The van der Waals surface area contributed by atoms with Gasteiger partial charge in [0.1, 0.15) is 12.4 Å². The molecule has 1 N–H and O–H groups in total. The number of anilines is 1. The number of hydrogen-bond donors (Lipinski definition) is 1. The fourth-order valence-electron chi connectivity index (χ4n) is 8.03. The Bertz CT molecular complexity index is 1650. The maximum Gasteiger partial charge on any atom is 0.264 e. The van der Waals surface area contributed by atoms with Crippen molar-refractivity contribution in [1.82, 2.24) is 9.62 Å². The lowest BCUT2D eigenvalue weighted by atomic mass is 9.65. The van der Waals surface area contributed by atoms with E-state index in [9.17, 15) is 18.0 Å². The molecule has 0 radical (unpaired) electrons. The predicted molar refractivity (Wildman–Crippen MR) is 194 cm³/mol. The van der Waals surface area contributed by atoms with E-state index in [1.807, 2.05) is 25.1 Å². The van der Waals surface area contributed by atoms with Crippen LogP contribution in [0.25, 0.3) is 0 Å². The maximum atomic E-state index is 13.5. The quantitative estimate of drug-likeness (QED) is 0.389. The first-order valence-electron chi connectivity index (χ1n) is 18.2. The number of ether oxygens (including phenoxy) is 3. The Balaban J connectivity index is 1.33. The van der Waals surface area contributed by atoms with Crippen molar-refractivity contribution in [3.8, 4) is 5.75 Å². The van der Waals surface area contributed by atoms with Gasteiger partial charge in [-0.25, -0.2) is 13.1 Å². The highest BCUT2D eigenvalue weighted by atomic mass is 35.5. The van der Waals surface area contributed by atoms with Gasteiger partial charge >= 0.3 is 0 Å². The molecular weight excluding hydrogens is 678 g/mol. The van der Waals surface area contributed by atoms with Crippen molar-refractivity contribution >= 4 is 39.1 Å². The van der Waals surface area contributed by atoms with Gasteiger partial charge in [-0.1, -0.05) is 31.0 Å². The van der Waals surface area contributed by atoms with Gasteiger partial charge in [0.15, 0.2) is 6.29 Å². The van der Waals surface area contributed by atoms with Crippen LogP contribution in [-0.4, -0.2) is 76.1 Å². The zero-order valence-corrected chi connectivity index (χ0v) is 31.3. The van der Waals surface area contributed by atoms with Crippen LogP contribution in [0.4, 0.5) is 5.69 Å². The summed E-state index contributed by atoms with van der Waals surface area (Å²) < 4.78 is 48.6. The van der Waals surface area contributed by atoms with Crippen molar-refractivity contribution in [3.63, 3.8) is 0 Å². The lowest BCUT2D eigenvalue weighted by Crippen LogP contribution is -2.52. The van der Waals surface area contributed by atoms with Gasteiger partial charge in [-0.15, -0.1) is 0 Å². The fourth-order valence-corrected chi connectivity index (χ4v) is 9.54. The number of nitrogens with one attached hydrogen (secondary N) is 1. The molecule has 274 valence electrons. The monoisotopic (exact) mass is 729 g/mol. The van der Waals surface area contributed by atoms with E-state index in [0.29, 0.717) is 48.8 Å². The van der Waals surface area contributed by atoms with E-state index in [1.54, 1.807) is 44.0 Å². The molecule has 0 spiro atoms. The third kappa shape index (κ3) is 8.27. The van der Waals surface area contributed by atoms with Gasteiger partial charge in [0.05, 0.1) is 30.2 Å². The first kappa shape index (κ1) is 36.9. The lowest BCUT2D eigenvalue weighted by molar-refractivity contribution is -0.241. The number of sulfonamides is 1. The van der Waals surface area contributed by atoms with Gasteiger partial charge in [0.25, 0.3) is 5.91 Å². The average molecular weight is 730 g/mol. The topological polar surface area (TPSA) is 114 Å². The molecule has 5 atom stereocenters. The number of carbonyl (C=O) groups is 2. The van der Waals surface area contributed by atoms with Gasteiger partial charge in [-0.05, 0) is 111 Å². The lowest BCUT2D eigenvalue weighted by Gasteiger charge is -2.48. The van der Waals surface area contributed by atoms with Crippen molar-refractivity contribution in [1.29, 1.82) is 0 Å². The Labute approximate surface area is 302 Å². The Morgan fingerprint density at radius 1 is 0.960 bits per heavy atom. The highest BCUT2D eigenvalue weighted by Crippen LogP contribution is 2.46. The minimum Gasteiger partial charge on any atom is -0.487 e. The molecular formula is C38H52ClN3O7S. The van der Waals surface area contributed by atoms with Crippen molar-refractivity contribution in [2.24, 2.45) is 23.7 Å². The second-order valence-corrected chi connectivity index (χ2v) is 17.3. The van der Waals surface area contributed by atoms with Crippen LogP contribution in [0.1, 0.15) is 87.2 Å². The number of aryl methyl sites for hydroxylation is 1. The van der Waals surface area contributed by atoms with E-state index in [4.69, 9.17) is 25.8 Å². The van der Waals surface area contributed by atoms with Crippen molar-refractivity contribution < 1.29 is 32.2 Å². The molecule has 1 saturated carbocycles. The van der Waals surface area contributed by atoms with Crippen LogP contribution in [0.15, 0.2) is 36.4 Å².